The summed E-state index contributed by atoms with van der Waals surface area (Å²) < 4.78 is 39.4. The number of hydrogen-bond donors (Lipinski definition) is 1. The van der Waals surface area contributed by atoms with Gasteiger partial charge in [-0.2, -0.15) is 13.2 Å². The second-order valence-corrected chi connectivity index (χ2v) is 7.56. The van der Waals surface area contributed by atoms with E-state index in [-0.39, 0.29) is 5.41 Å². The lowest BCUT2D eigenvalue weighted by atomic mass is 9.79. The zero-order chi connectivity index (χ0) is 20.4. The third-order valence-corrected chi connectivity index (χ3v) is 5.53. The van der Waals surface area contributed by atoms with Gasteiger partial charge in [-0.05, 0) is 42.7 Å². The lowest BCUT2D eigenvalue weighted by Crippen LogP contribution is -2.41. The first kappa shape index (κ1) is 20.5. The van der Waals surface area contributed by atoms with Gasteiger partial charge in [0.1, 0.15) is 12.1 Å². The van der Waals surface area contributed by atoms with Crippen LogP contribution in [-0.4, -0.2) is 17.0 Å². The van der Waals surface area contributed by atoms with E-state index in [1.807, 2.05) is 12.1 Å². The molecule has 0 atom stereocenters. The molecule has 0 spiro atoms. The van der Waals surface area contributed by atoms with Crippen LogP contribution >= 0.6 is 11.6 Å². The van der Waals surface area contributed by atoms with E-state index in [1.165, 1.54) is 6.20 Å². The minimum atomic E-state index is -4.75. The number of pyridine rings is 1. The molecule has 1 amide bonds. The number of carbonyl (C=O) groups is 1. The molecule has 1 aliphatic rings. The third kappa shape index (κ3) is 4.41. The molecule has 1 saturated carbocycles. The minimum absolute atomic E-state index is 0.223. The van der Waals surface area contributed by atoms with Gasteiger partial charge >= 0.3 is 6.18 Å². The summed E-state index contributed by atoms with van der Waals surface area (Å²) in [7, 11) is 0. The standard InChI is InChI=1S/C20H20ClF3N2O2/c21-15-7-5-14(6-8-15)19(9-1-2-10-19)13-25-17(27)12-26-11-3-4-16(18(26)28)20(22,23)24/h3-8,11H,1-2,9-10,12-13H2,(H,25,27). The van der Waals surface area contributed by atoms with Crippen LogP contribution in [0, 0.1) is 0 Å². The van der Waals surface area contributed by atoms with Gasteiger partial charge in [-0.1, -0.05) is 36.6 Å². The van der Waals surface area contributed by atoms with Crippen LogP contribution in [0.1, 0.15) is 36.8 Å². The molecule has 1 heterocycles. The Morgan fingerprint density at radius 1 is 1.14 bits per heavy atom. The Hall–Kier alpha value is -2.28. The molecule has 0 radical (unpaired) electrons. The summed E-state index contributed by atoms with van der Waals surface area (Å²) in [5.74, 6) is -0.498. The second-order valence-electron chi connectivity index (χ2n) is 7.12. The fourth-order valence-electron chi connectivity index (χ4n) is 3.78. The van der Waals surface area contributed by atoms with E-state index in [4.69, 9.17) is 11.6 Å². The summed E-state index contributed by atoms with van der Waals surface area (Å²) in [6, 6.07) is 9.32. The van der Waals surface area contributed by atoms with Gasteiger partial charge in [0.05, 0.1) is 0 Å². The highest BCUT2D eigenvalue weighted by Crippen LogP contribution is 2.40. The maximum Gasteiger partial charge on any atom is 0.421 e. The van der Waals surface area contributed by atoms with Crippen molar-refractivity contribution in [2.24, 2.45) is 0 Å². The number of amides is 1. The van der Waals surface area contributed by atoms with Crippen molar-refractivity contribution in [3.05, 3.63) is 69.1 Å². The van der Waals surface area contributed by atoms with Crippen LogP contribution in [-0.2, 0) is 22.9 Å². The first-order chi connectivity index (χ1) is 13.2. The number of nitrogens with one attached hydrogen (secondary N) is 1. The van der Waals surface area contributed by atoms with Crippen LogP contribution in [0.2, 0.25) is 5.02 Å². The predicted molar refractivity (Wildman–Crippen MR) is 100 cm³/mol. The van der Waals surface area contributed by atoms with Gasteiger partial charge < -0.3 is 9.88 Å². The number of carbonyl (C=O) groups excluding carboxylic acids is 1. The van der Waals surface area contributed by atoms with E-state index < -0.39 is 29.8 Å². The quantitative estimate of drug-likeness (QED) is 0.802. The Morgan fingerprint density at radius 3 is 2.39 bits per heavy atom. The Labute approximate surface area is 165 Å². The highest BCUT2D eigenvalue weighted by Gasteiger charge is 2.36. The van der Waals surface area contributed by atoms with Gasteiger partial charge in [-0.3, -0.25) is 9.59 Å². The Balaban J connectivity index is 1.71. The van der Waals surface area contributed by atoms with E-state index in [0.717, 1.165) is 41.9 Å². The molecular weight excluding hydrogens is 393 g/mol. The summed E-state index contributed by atoms with van der Waals surface area (Å²) in [5, 5.41) is 3.43. The van der Waals surface area contributed by atoms with Crippen LogP contribution < -0.4 is 10.9 Å². The number of benzene rings is 1. The zero-order valence-corrected chi connectivity index (χ0v) is 15.8. The number of halogens is 4. The van der Waals surface area contributed by atoms with Gasteiger partial charge in [0.2, 0.25) is 5.91 Å². The van der Waals surface area contributed by atoms with E-state index in [1.54, 1.807) is 12.1 Å². The molecule has 0 aliphatic heterocycles. The van der Waals surface area contributed by atoms with E-state index in [0.29, 0.717) is 17.6 Å². The molecule has 4 nitrogen and oxygen atoms in total. The Morgan fingerprint density at radius 2 is 1.79 bits per heavy atom. The topological polar surface area (TPSA) is 51.1 Å². The molecule has 1 aromatic carbocycles. The summed E-state index contributed by atoms with van der Waals surface area (Å²) in [6.07, 6.45) is 0.300. The van der Waals surface area contributed by atoms with Crippen LogP contribution in [0.4, 0.5) is 13.2 Å². The molecule has 1 N–H and O–H groups in total. The molecule has 8 heteroatoms. The lowest BCUT2D eigenvalue weighted by molar-refractivity contribution is -0.139. The lowest BCUT2D eigenvalue weighted by Gasteiger charge is -2.30. The van der Waals surface area contributed by atoms with Crippen LogP contribution in [0.15, 0.2) is 47.4 Å². The van der Waals surface area contributed by atoms with Crippen molar-refractivity contribution < 1.29 is 18.0 Å². The molecule has 1 aliphatic carbocycles. The van der Waals surface area contributed by atoms with Crippen LogP contribution in [0.5, 0.6) is 0 Å². The summed E-state index contributed by atoms with van der Waals surface area (Å²) >= 11 is 5.96. The Kier molecular flexibility index (Phi) is 5.84. The highest BCUT2D eigenvalue weighted by molar-refractivity contribution is 6.30. The molecule has 1 aromatic heterocycles. The normalized spacial score (nSPS) is 16.1. The first-order valence-corrected chi connectivity index (χ1v) is 9.38. The van der Waals surface area contributed by atoms with Crippen molar-refractivity contribution in [1.29, 1.82) is 0 Å². The SMILES string of the molecule is O=C(Cn1cccc(C(F)(F)F)c1=O)NCC1(c2ccc(Cl)cc2)CCCC1. The number of aromatic nitrogens is 1. The third-order valence-electron chi connectivity index (χ3n) is 5.28. The molecule has 150 valence electrons. The maximum absolute atomic E-state index is 12.9. The average Bonchev–Trinajstić information content (AvgIpc) is 3.11. The second kappa shape index (κ2) is 7.99. The molecular formula is C20H20ClF3N2O2. The predicted octanol–water partition coefficient (Wildman–Crippen LogP) is 4.15. The Bertz CT molecular complexity index is 901. The van der Waals surface area contributed by atoms with E-state index in [9.17, 15) is 22.8 Å². The first-order valence-electron chi connectivity index (χ1n) is 9.01. The van der Waals surface area contributed by atoms with Gasteiger partial charge in [0.25, 0.3) is 5.56 Å². The van der Waals surface area contributed by atoms with E-state index >= 15 is 0 Å². The van der Waals surface area contributed by atoms with Crippen molar-refractivity contribution in [3.8, 4) is 0 Å². The fraction of sp³-hybridized carbons (Fsp3) is 0.400. The van der Waals surface area contributed by atoms with Crippen molar-refractivity contribution in [3.63, 3.8) is 0 Å². The average molecular weight is 413 g/mol. The summed E-state index contributed by atoms with van der Waals surface area (Å²) in [6.45, 7) is -0.0966. The summed E-state index contributed by atoms with van der Waals surface area (Å²) in [4.78, 5) is 24.3. The fourth-order valence-corrected chi connectivity index (χ4v) is 3.90. The monoisotopic (exact) mass is 412 g/mol. The smallest absolute Gasteiger partial charge is 0.354 e. The van der Waals surface area contributed by atoms with Crippen molar-refractivity contribution in [2.45, 2.75) is 43.8 Å². The van der Waals surface area contributed by atoms with Gasteiger partial charge in [-0.15, -0.1) is 0 Å². The van der Waals surface area contributed by atoms with Gasteiger partial charge in [0, 0.05) is 23.2 Å². The largest absolute Gasteiger partial charge is 0.421 e. The number of rotatable bonds is 5. The number of nitrogens with zero attached hydrogens (tertiary/aromatic N) is 1. The van der Waals surface area contributed by atoms with Crippen molar-refractivity contribution in [2.75, 3.05) is 6.54 Å². The zero-order valence-electron chi connectivity index (χ0n) is 15.1. The molecule has 3 rings (SSSR count). The molecule has 1 fully saturated rings. The van der Waals surface area contributed by atoms with Gasteiger partial charge in [-0.25, -0.2) is 0 Å². The van der Waals surface area contributed by atoms with Crippen molar-refractivity contribution >= 4 is 17.5 Å². The molecule has 0 unspecified atom stereocenters. The van der Waals surface area contributed by atoms with E-state index in [2.05, 4.69) is 5.32 Å². The molecule has 2 aromatic rings. The number of hydrogen-bond acceptors (Lipinski definition) is 2. The highest BCUT2D eigenvalue weighted by atomic mass is 35.5. The molecule has 0 saturated heterocycles. The van der Waals surface area contributed by atoms with Crippen LogP contribution in [0.25, 0.3) is 0 Å². The molecule has 0 bridgehead atoms. The minimum Gasteiger partial charge on any atom is -0.354 e. The number of alkyl halides is 3. The summed E-state index contributed by atoms with van der Waals surface area (Å²) in [5.41, 5.74) is -1.65. The maximum atomic E-state index is 12.9. The van der Waals surface area contributed by atoms with Crippen molar-refractivity contribution in [1.82, 2.24) is 9.88 Å². The van der Waals surface area contributed by atoms with Crippen LogP contribution in [0.3, 0.4) is 0 Å². The van der Waals surface area contributed by atoms with Gasteiger partial charge in [0.15, 0.2) is 0 Å². The molecule has 28 heavy (non-hydrogen) atoms.